The third kappa shape index (κ3) is 3.78. The van der Waals surface area contributed by atoms with Crippen molar-refractivity contribution >= 4 is 11.6 Å². The second-order valence-corrected chi connectivity index (χ2v) is 5.95. The molecule has 0 N–H and O–H groups in total. The molecule has 2 rings (SSSR count). The summed E-state index contributed by atoms with van der Waals surface area (Å²) in [7, 11) is 0. The van der Waals surface area contributed by atoms with Gasteiger partial charge in [0.2, 0.25) is 0 Å². The summed E-state index contributed by atoms with van der Waals surface area (Å²) < 4.78 is 0. The summed E-state index contributed by atoms with van der Waals surface area (Å²) in [5.41, 5.74) is 5.94. The van der Waals surface area contributed by atoms with E-state index in [9.17, 15) is 4.79 Å². The van der Waals surface area contributed by atoms with Crippen LogP contribution in [0.15, 0.2) is 36.4 Å². The molecule has 0 aromatic heterocycles. The van der Waals surface area contributed by atoms with Gasteiger partial charge >= 0.3 is 0 Å². The van der Waals surface area contributed by atoms with E-state index < -0.39 is 0 Å². The Labute approximate surface area is 138 Å². The van der Waals surface area contributed by atoms with Crippen molar-refractivity contribution in [2.75, 3.05) is 11.4 Å². The molecule has 2 aromatic rings. The van der Waals surface area contributed by atoms with Crippen LogP contribution >= 0.6 is 0 Å². The van der Waals surface area contributed by atoms with Gasteiger partial charge in [-0.05, 0) is 62.6 Å². The maximum Gasteiger partial charge on any atom is 0.258 e. The maximum atomic E-state index is 13.0. The molecule has 0 heterocycles. The summed E-state index contributed by atoms with van der Waals surface area (Å²) >= 11 is 0. The summed E-state index contributed by atoms with van der Waals surface area (Å²) in [6, 6.07) is 13.9. The van der Waals surface area contributed by atoms with Crippen molar-refractivity contribution in [2.24, 2.45) is 0 Å². The number of hydrogen-bond donors (Lipinski definition) is 0. The van der Waals surface area contributed by atoms with E-state index in [1.54, 1.807) is 4.90 Å². The van der Waals surface area contributed by atoms with E-state index in [0.717, 1.165) is 22.4 Å². The van der Waals surface area contributed by atoms with Crippen molar-refractivity contribution in [1.82, 2.24) is 0 Å². The number of aryl methyl sites for hydroxylation is 4. The molecule has 0 aliphatic heterocycles. The molecule has 118 valence electrons. The smallest absolute Gasteiger partial charge is 0.258 e. The summed E-state index contributed by atoms with van der Waals surface area (Å²) in [6.45, 7) is 8.43. The van der Waals surface area contributed by atoms with Gasteiger partial charge < -0.3 is 4.90 Å². The van der Waals surface area contributed by atoms with Crippen LogP contribution < -0.4 is 4.90 Å². The number of carbonyl (C=O) groups excluding carboxylic acids is 1. The number of rotatable bonds is 4. The predicted molar refractivity (Wildman–Crippen MR) is 93.7 cm³/mol. The maximum absolute atomic E-state index is 13.0. The highest BCUT2D eigenvalue weighted by atomic mass is 16.2. The first-order valence-corrected chi connectivity index (χ1v) is 7.77. The zero-order valence-electron chi connectivity index (χ0n) is 14.2. The molecule has 0 radical (unpaired) electrons. The van der Waals surface area contributed by atoms with Crippen molar-refractivity contribution in [3.63, 3.8) is 0 Å². The molecule has 3 heteroatoms. The average Bonchev–Trinajstić information content (AvgIpc) is 2.50. The summed E-state index contributed by atoms with van der Waals surface area (Å²) in [5, 5.41) is 8.92. The Morgan fingerprint density at radius 2 is 1.74 bits per heavy atom. The third-order valence-corrected chi connectivity index (χ3v) is 4.11. The van der Waals surface area contributed by atoms with Crippen molar-refractivity contribution in [3.05, 3.63) is 64.2 Å². The summed E-state index contributed by atoms with van der Waals surface area (Å²) in [5.74, 6) is -0.0546. The first kappa shape index (κ1) is 16.8. The van der Waals surface area contributed by atoms with Gasteiger partial charge in [-0.3, -0.25) is 4.79 Å². The molecule has 0 saturated heterocycles. The Morgan fingerprint density at radius 1 is 1.00 bits per heavy atom. The van der Waals surface area contributed by atoms with Crippen LogP contribution in [0.5, 0.6) is 0 Å². The van der Waals surface area contributed by atoms with E-state index in [4.69, 9.17) is 5.26 Å². The SMILES string of the molecule is Cc1ccc(C(=O)N(CCC#N)c2ccc(C)c(C)c2)c(C)c1. The molecule has 0 spiro atoms. The molecule has 0 bridgehead atoms. The highest BCUT2D eigenvalue weighted by Gasteiger charge is 2.19. The third-order valence-electron chi connectivity index (χ3n) is 4.11. The predicted octanol–water partition coefficient (Wildman–Crippen LogP) is 4.48. The van der Waals surface area contributed by atoms with Gasteiger partial charge in [0.05, 0.1) is 12.5 Å². The fourth-order valence-electron chi connectivity index (χ4n) is 2.60. The number of carbonyl (C=O) groups is 1. The lowest BCUT2D eigenvalue weighted by molar-refractivity contribution is 0.0987. The Hall–Kier alpha value is -2.60. The monoisotopic (exact) mass is 306 g/mol. The second-order valence-electron chi connectivity index (χ2n) is 5.95. The number of nitriles is 1. The number of hydrogen-bond acceptors (Lipinski definition) is 2. The van der Waals surface area contributed by atoms with Crippen LogP contribution in [-0.4, -0.2) is 12.5 Å². The topological polar surface area (TPSA) is 44.1 Å². The lowest BCUT2D eigenvalue weighted by Gasteiger charge is -2.23. The van der Waals surface area contributed by atoms with E-state index in [2.05, 4.69) is 6.07 Å². The largest absolute Gasteiger partial charge is 0.307 e. The molecule has 0 aliphatic carbocycles. The minimum absolute atomic E-state index is 0.0546. The average molecular weight is 306 g/mol. The van der Waals surface area contributed by atoms with Crippen LogP contribution in [0.4, 0.5) is 5.69 Å². The minimum Gasteiger partial charge on any atom is -0.307 e. The summed E-state index contributed by atoms with van der Waals surface area (Å²) in [4.78, 5) is 14.7. The molecule has 0 saturated carbocycles. The van der Waals surface area contributed by atoms with Crippen LogP contribution in [-0.2, 0) is 0 Å². The van der Waals surface area contributed by atoms with Gasteiger partial charge in [0, 0.05) is 17.8 Å². The Kier molecular flexibility index (Phi) is 5.18. The van der Waals surface area contributed by atoms with Gasteiger partial charge in [-0.25, -0.2) is 0 Å². The zero-order chi connectivity index (χ0) is 17.0. The van der Waals surface area contributed by atoms with E-state index in [0.29, 0.717) is 18.5 Å². The quantitative estimate of drug-likeness (QED) is 0.836. The van der Waals surface area contributed by atoms with Crippen molar-refractivity contribution in [3.8, 4) is 6.07 Å². The summed E-state index contributed by atoms with van der Waals surface area (Å²) in [6.07, 6.45) is 0.309. The van der Waals surface area contributed by atoms with Crippen LogP contribution in [0.1, 0.15) is 39.0 Å². The lowest BCUT2D eigenvalue weighted by atomic mass is 10.0. The van der Waals surface area contributed by atoms with Crippen LogP contribution in [0, 0.1) is 39.0 Å². The highest BCUT2D eigenvalue weighted by Crippen LogP contribution is 2.22. The number of amides is 1. The molecule has 2 aromatic carbocycles. The van der Waals surface area contributed by atoms with E-state index in [-0.39, 0.29) is 5.91 Å². The molecule has 0 fully saturated rings. The molecule has 23 heavy (non-hydrogen) atoms. The van der Waals surface area contributed by atoms with E-state index >= 15 is 0 Å². The molecule has 0 atom stereocenters. The molecule has 0 unspecified atom stereocenters. The molecule has 0 aliphatic rings. The fourth-order valence-corrected chi connectivity index (χ4v) is 2.60. The Morgan fingerprint density at radius 3 is 2.35 bits per heavy atom. The standard InChI is InChI=1S/C20H22N2O/c1-14-6-9-19(17(4)12-14)20(23)22(11-5-10-21)18-8-7-15(2)16(3)13-18/h6-9,12-13H,5,11H2,1-4H3. The zero-order valence-corrected chi connectivity index (χ0v) is 14.2. The highest BCUT2D eigenvalue weighted by molar-refractivity contribution is 6.07. The van der Waals surface area contributed by atoms with Gasteiger partial charge in [-0.2, -0.15) is 5.26 Å². The van der Waals surface area contributed by atoms with Crippen LogP contribution in [0.3, 0.4) is 0 Å². The van der Waals surface area contributed by atoms with Gasteiger partial charge in [0.15, 0.2) is 0 Å². The molecule has 1 amide bonds. The molecular formula is C20H22N2O. The normalized spacial score (nSPS) is 10.2. The Balaban J connectivity index is 2.43. The van der Waals surface area contributed by atoms with Gasteiger partial charge in [-0.1, -0.05) is 23.8 Å². The lowest BCUT2D eigenvalue weighted by Crippen LogP contribution is -2.32. The first-order valence-electron chi connectivity index (χ1n) is 7.77. The first-order chi connectivity index (χ1) is 10.9. The number of benzene rings is 2. The van der Waals surface area contributed by atoms with Gasteiger partial charge in [0.1, 0.15) is 0 Å². The van der Waals surface area contributed by atoms with Crippen molar-refractivity contribution in [1.29, 1.82) is 5.26 Å². The van der Waals surface area contributed by atoms with Crippen molar-refractivity contribution < 1.29 is 4.79 Å². The minimum atomic E-state index is -0.0546. The van der Waals surface area contributed by atoms with Gasteiger partial charge in [-0.15, -0.1) is 0 Å². The second kappa shape index (κ2) is 7.11. The molecule has 3 nitrogen and oxygen atoms in total. The molecular weight excluding hydrogens is 284 g/mol. The Bertz CT molecular complexity index is 772. The van der Waals surface area contributed by atoms with E-state index in [1.165, 1.54) is 5.56 Å². The number of anilines is 1. The van der Waals surface area contributed by atoms with Crippen LogP contribution in [0.2, 0.25) is 0 Å². The van der Waals surface area contributed by atoms with Crippen molar-refractivity contribution in [2.45, 2.75) is 34.1 Å². The number of nitrogens with zero attached hydrogens (tertiary/aromatic N) is 2. The van der Waals surface area contributed by atoms with Crippen LogP contribution in [0.25, 0.3) is 0 Å². The van der Waals surface area contributed by atoms with E-state index in [1.807, 2.05) is 64.1 Å². The van der Waals surface area contributed by atoms with Gasteiger partial charge in [0.25, 0.3) is 5.91 Å². The fraction of sp³-hybridized carbons (Fsp3) is 0.300.